The molecule has 33 heavy (non-hydrogen) atoms. The zero-order valence-electron chi connectivity index (χ0n) is 17.9. The van der Waals surface area contributed by atoms with E-state index in [1.54, 1.807) is 19.2 Å². The van der Waals surface area contributed by atoms with Crippen molar-refractivity contribution < 1.29 is 18.7 Å². The van der Waals surface area contributed by atoms with Crippen LogP contribution in [-0.4, -0.2) is 49.5 Å². The van der Waals surface area contributed by atoms with Crippen molar-refractivity contribution >= 4 is 23.4 Å². The molecule has 1 saturated heterocycles. The third kappa shape index (κ3) is 4.02. The van der Waals surface area contributed by atoms with E-state index < -0.39 is 11.9 Å². The Balaban J connectivity index is 1.42. The number of pyridine rings is 1. The lowest BCUT2D eigenvalue weighted by molar-refractivity contribution is 0.215. The molecule has 1 fully saturated rings. The molecule has 0 bridgehead atoms. The molecule has 1 aliphatic heterocycles. The van der Waals surface area contributed by atoms with Crippen LogP contribution in [-0.2, 0) is 0 Å². The molecule has 0 aromatic carbocycles. The van der Waals surface area contributed by atoms with E-state index in [0.29, 0.717) is 28.7 Å². The topological polar surface area (TPSA) is 123 Å². The van der Waals surface area contributed by atoms with Gasteiger partial charge in [-0.05, 0) is 31.9 Å². The van der Waals surface area contributed by atoms with Crippen LogP contribution in [0.5, 0.6) is 11.6 Å². The quantitative estimate of drug-likeness (QED) is 0.473. The van der Waals surface area contributed by atoms with Crippen molar-refractivity contribution in [2.45, 2.75) is 25.8 Å². The van der Waals surface area contributed by atoms with Gasteiger partial charge in [0.2, 0.25) is 11.5 Å². The van der Waals surface area contributed by atoms with Crippen LogP contribution in [0.25, 0.3) is 5.65 Å². The summed E-state index contributed by atoms with van der Waals surface area (Å²) in [5.41, 5.74) is 1.77. The summed E-state index contributed by atoms with van der Waals surface area (Å²) in [6, 6.07) is 4.78. The van der Waals surface area contributed by atoms with Crippen LogP contribution in [0.4, 0.5) is 20.8 Å². The summed E-state index contributed by atoms with van der Waals surface area (Å²) >= 11 is 0. The van der Waals surface area contributed by atoms with E-state index in [1.807, 2.05) is 6.07 Å². The number of amides is 1. The van der Waals surface area contributed by atoms with E-state index >= 15 is 0 Å². The van der Waals surface area contributed by atoms with Crippen LogP contribution in [0.3, 0.4) is 0 Å². The van der Waals surface area contributed by atoms with Gasteiger partial charge < -0.3 is 14.4 Å². The summed E-state index contributed by atoms with van der Waals surface area (Å²) in [4.78, 5) is 23.1. The summed E-state index contributed by atoms with van der Waals surface area (Å²) in [5.74, 6) is 1.22. The zero-order chi connectivity index (χ0) is 22.9. The second-order valence-corrected chi connectivity index (χ2v) is 7.60. The van der Waals surface area contributed by atoms with Gasteiger partial charge in [-0.2, -0.15) is 10.2 Å². The molecule has 4 aromatic heterocycles. The van der Waals surface area contributed by atoms with E-state index in [1.165, 1.54) is 23.9 Å². The summed E-state index contributed by atoms with van der Waals surface area (Å²) in [6.45, 7) is 2.52. The van der Waals surface area contributed by atoms with E-state index in [2.05, 4.69) is 35.5 Å². The lowest BCUT2D eigenvalue weighted by Gasteiger charge is -2.26. The van der Waals surface area contributed by atoms with E-state index in [4.69, 9.17) is 9.47 Å². The first-order valence-corrected chi connectivity index (χ1v) is 10.3. The number of ether oxygens (including phenoxy) is 2. The molecule has 1 atom stereocenters. The van der Waals surface area contributed by atoms with Crippen LogP contribution in [0, 0.1) is 12.7 Å². The third-order valence-corrected chi connectivity index (χ3v) is 5.41. The van der Waals surface area contributed by atoms with Gasteiger partial charge in [0, 0.05) is 24.4 Å². The first kappa shape index (κ1) is 20.7. The first-order chi connectivity index (χ1) is 16.0. The SMILES string of the molecule is COc1ncc(F)cc1[C@H]1CCCN1c1ccn2ncc(OC(=O)Nc3cc(C)n[nH]3)c2n1. The fraction of sp³-hybridized carbons (Fsp3) is 0.286. The largest absolute Gasteiger partial charge is 0.481 e. The van der Waals surface area contributed by atoms with Crippen LogP contribution < -0.4 is 19.7 Å². The van der Waals surface area contributed by atoms with E-state index in [-0.39, 0.29) is 11.8 Å². The number of nitrogens with one attached hydrogen (secondary N) is 2. The second kappa shape index (κ2) is 8.37. The average Bonchev–Trinajstić information content (AvgIpc) is 3.54. The highest BCUT2D eigenvalue weighted by Gasteiger charge is 2.31. The number of anilines is 2. The number of carbonyl (C=O) groups excluding carboxylic acids is 1. The van der Waals surface area contributed by atoms with Gasteiger partial charge in [0.05, 0.1) is 31.2 Å². The number of aryl methyl sites for hydroxylation is 1. The third-order valence-electron chi connectivity index (χ3n) is 5.41. The van der Waals surface area contributed by atoms with Crippen molar-refractivity contribution in [3.05, 3.63) is 53.9 Å². The molecule has 0 saturated carbocycles. The highest BCUT2D eigenvalue weighted by atomic mass is 19.1. The van der Waals surface area contributed by atoms with Gasteiger partial charge >= 0.3 is 6.09 Å². The number of hydrogen-bond acceptors (Lipinski definition) is 8. The van der Waals surface area contributed by atoms with Gasteiger partial charge in [0.15, 0.2) is 5.75 Å². The second-order valence-electron chi connectivity index (χ2n) is 7.60. The van der Waals surface area contributed by atoms with Crippen LogP contribution in [0.1, 0.15) is 30.1 Å². The standard InChI is InChI=1S/C21H21FN8O3/c1-12-8-17(28-27-12)25-21(31)33-16-11-24-30-7-5-18(26-19(16)30)29-6-3-4-15(29)14-9-13(22)10-23-20(14)32-2/h5,7-11,15H,3-4,6H2,1-2H3,(H2,25,27,28,31)/t15-/m1/s1. The number of methoxy groups -OCH3 is 1. The maximum Gasteiger partial charge on any atom is 0.418 e. The van der Waals surface area contributed by atoms with Gasteiger partial charge in [-0.15, -0.1) is 0 Å². The van der Waals surface area contributed by atoms with Gasteiger partial charge in [-0.3, -0.25) is 10.4 Å². The number of carbonyl (C=O) groups is 1. The molecule has 0 aliphatic carbocycles. The van der Waals surface area contributed by atoms with Crippen molar-refractivity contribution in [3.63, 3.8) is 0 Å². The number of fused-ring (bicyclic) bond motifs is 1. The summed E-state index contributed by atoms with van der Waals surface area (Å²) in [7, 11) is 1.51. The lowest BCUT2D eigenvalue weighted by Crippen LogP contribution is -2.24. The molecule has 1 amide bonds. The van der Waals surface area contributed by atoms with E-state index in [9.17, 15) is 9.18 Å². The number of nitrogens with zero attached hydrogens (tertiary/aromatic N) is 6. The maximum absolute atomic E-state index is 13.9. The van der Waals surface area contributed by atoms with Crippen LogP contribution in [0.15, 0.2) is 36.8 Å². The highest BCUT2D eigenvalue weighted by Crippen LogP contribution is 2.39. The summed E-state index contributed by atoms with van der Waals surface area (Å²) in [6.07, 6.45) is 5.28. The van der Waals surface area contributed by atoms with Gasteiger partial charge in [-0.1, -0.05) is 0 Å². The summed E-state index contributed by atoms with van der Waals surface area (Å²) < 4.78 is 26.2. The van der Waals surface area contributed by atoms with Crippen molar-refractivity contribution in [1.29, 1.82) is 0 Å². The molecular formula is C21H21FN8O3. The molecule has 12 heteroatoms. The Kier molecular flexibility index (Phi) is 5.24. The monoisotopic (exact) mass is 452 g/mol. The average molecular weight is 452 g/mol. The minimum atomic E-state index is -0.699. The van der Waals surface area contributed by atoms with Crippen molar-refractivity contribution in [2.75, 3.05) is 23.9 Å². The number of aromatic nitrogens is 6. The lowest BCUT2D eigenvalue weighted by atomic mass is 10.1. The molecule has 11 nitrogen and oxygen atoms in total. The number of aromatic amines is 1. The molecule has 0 radical (unpaired) electrons. The predicted molar refractivity (Wildman–Crippen MR) is 116 cm³/mol. The fourth-order valence-electron chi connectivity index (χ4n) is 4.01. The summed E-state index contributed by atoms with van der Waals surface area (Å²) in [5, 5.41) is 13.4. The van der Waals surface area contributed by atoms with Crippen molar-refractivity contribution in [1.82, 2.24) is 29.8 Å². The normalized spacial score (nSPS) is 15.7. The number of rotatable bonds is 5. The van der Waals surface area contributed by atoms with E-state index in [0.717, 1.165) is 31.3 Å². The Bertz CT molecular complexity index is 1320. The molecule has 1 aliphatic rings. The molecule has 170 valence electrons. The zero-order valence-corrected chi connectivity index (χ0v) is 17.9. The van der Waals surface area contributed by atoms with Crippen LogP contribution >= 0.6 is 0 Å². The number of hydrogen-bond donors (Lipinski definition) is 2. The molecule has 0 spiro atoms. The predicted octanol–water partition coefficient (Wildman–Crippen LogP) is 3.26. The Morgan fingerprint density at radius 1 is 1.33 bits per heavy atom. The molecule has 2 N–H and O–H groups in total. The van der Waals surface area contributed by atoms with Gasteiger partial charge in [0.25, 0.3) is 0 Å². The Morgan fingerprint density at radius 2 is 2.21 bits per heavy atom. The highest BCUT2D eigenvalue weighted by molar-refractivity contribution is 5.86. The van der Waals surface area contributed by atoms with Crippen molar-refractivity contribution in [2.24, 2.45) is 0 Å². The molecule has 5 rings (SSSR count). The maximum atomic E-state index is 13.9. The number of halogens is 1. The van der Waals surface area contributed by atoms with Crippen LogP contribution in [0.2, 0.25) is 0 Å². The first-order valence-electron chi connectivity index (χ1n) is 10.3. The molecule has 4 aromatic rings. The minimum absolute atomic E-state index is 0.155. The van der Waals surface area contributed by atoms with Gasteiger partial charge in [-0.25, -0.2) is 23.7 Å². The Labute approximate surface area is 187 Å². The molecule has 5 heterocycles. The van der Waals surface area contributed by atoms with Gasteiger partial charge in [0.1, 0.15) is 17.5 Å². The minimum Gasteiger partial charge on any atom is -0.481 e. The smallest absolute Gasteiger partial charge is 0.418 e. The Hall–Kier alpha value is -4.22. The number of H-pyrrole nitrogens is 1. The molecule has 0 unspecified atom stereocenters. The fourth-order valence-corrected chi connectivity index (χ4v) is 4.01. The van der Waals surface area contributed by atoms with Crippen molar-refractivity contribution in [3.8, 4) is 11.6 Å². The molecular weight excluding hydrogens is 431 g/mol. The Morgan fingerprint density at radius 3 is 3.00 bits per heavy atom.